The van der Waals surface area contributed by atoms with Crippen LogP contribution in [0.3, 0.4) is 0 Å². The summed E-state index contributed by atoms with van der Waals surface area (Å²) < 4.78 is 5.16. The maximum atomic E-state index is 6.14. The van der Waals surface area contributed by atoms with Gasteiger partial charge in [0.1, 0.15) is 5.75 Å². The Hall–Kier alpha value is -1.02. The van der Waals surface area contributed by atoms with Gasteiger partial charge in [0.05, 0.1) is 7.11 Å². The first-order chi connectivity index (χ1) is 6.45. The van der Waals surface area contributed by atoms with Gasteiger partial charge in [-0.3, -0.25) is 0 Å². The Kier molecular flexibility index (Phi) is 3.17. The normalized spacial score (nSPS) is 13.8. The van der Waals surface area contributed by atoms with Crippen LogP contribution in [0.1, 0.15) is 32.4 Å². The highest BCUT2D eigenvalue weighted by molar-refractivity contribution is 5.31. The zero-order valence-corrected chi connectivity index (χ0v) is 9.37. The Morgan fingerprint density at radius 1 is 1.29 bits per heavy atom. The molecule has 0 aliphatic rings. The second-order valence-corrected chi connectivity index (χ2v) is 4.62. The lowest BCUT2D eigenvalue weighted by Gasteiger charge is -2.27. The summed E-state index contributed by atoms with van der Waals surface area (Å²) in [6.07, 6.45) is 0. The predicted molar refractivity (Wildman–Crippen MR) is 59.4 cm³/mol. The molecule has 0 saturated heterocycles. The fraction of sp³-hybridized carbons (Fsp3) is 0.500. The molecule has 0 saturated carbocycles. The molecule has 2 N–H and O–H groups in total. The quantitative estimate of drug-likeness (QED) is 0.783. The second kappa shape index (κ2) is 4.01. The second-order valence-electron chi connectivity index (χ2n) is 4.62. The van der Waals surface area contributed by atoms with Crippen LogP contribution in [0.2, 0.25) is 0 Å². The van der Waals surface area contributed by atoms with Crippen molar-refractivity contribution < 1.29 is 4.74 Å². The molecule has 1 rings (SSSR count). The molecule has 0 aromatic heterocycles. The minimum Gasteiger partial charge on any atom is -0.497 e. The van der Waals surface area contributed by atoms with Crippen LogP contribution in [0.5, 0.6) is 5.75 Å². The average molecular weight is 193 g/mol. The molecule has 0 aliphatic heterocycles. The molecule has 0 spiro atoms. The van der Waals surface area contributed by atoms with E-state index in [2.05, 4.69) is 20.8 Å². The van der Waals surface area contributed by atoms with Crippen LogP contribution < -0.4 is 10.5 Å². The zero-order chi connectivity index (χ0) is 10.8. The van der Waals surface area contributed by atoms with E-state index in [1.807, 2.05) is 24.3 Å². The van der Waals surface area contributed by atoms with E-state index in [0.717, 1.165) is 11.3 Å². The van der Waals surface area contributed by atoms with Gasteiger partial charge in [-0.25, -0.2) is 0 Å². The van der Waals surface area contributed by atoms with Crippen molar-refractivity contribution in [3.05, 3.63) is 29.8 Å². The Balaban J connectivity index is 2.95. The number of rotatable bonds is 2. The molecule has 0 heterocycles. The van der Waals surface area contributed by atoms with Crippen LogP contribution in [0.15, 0.2) is 24.3 Å². The van der Waals surface area contributed by atoms with Crippen LogP contribution in [0.4, 0.5) is 0 Å². The van der Waals surface area contributed by atoms with Gasteiger partial charge in [-0.15, -0.1) is 0 Å². The number of methoxy groups -OCH3 is 1. The molecule has 0 bridgehead atoms. The largest absolute Gasteiger partial charge is 0.497 e. The van der Waals surface area contributed by atoms with Crippen molar-refractivity contribution in [3.63, 3.8) is 0 Å². The van der Waals surface area contributed by atoms with Crippen molar-refractivity contribution in [2.24, 2.45) is 11.1 Å². The first kappa shape index (κ1) is 11.1. The number of hydrogen-bond donors (Lipinski definition) is 1. The Labute approximate surface area is 86.1 Å². The van der Waals surface area contributed by atoms with Gasteiger partial charge in [-0.2, -0.15) is 0 Å². The summed E-state index contributed by atoms with van der Waals surface area (Å²) in [5, 5.41) is 0. The van der Waals surface area contributed by atoms with Gasteiger partial charge in [0.15, 0.2) is 0 Å². The van der Waals surface area contributed by atoms with E-state index in [9.17, 15) is 0 Å². The first-order valence-electron chi connectivity index (χ1n) is 4.84. The van der Waals surface area contributed by atoms with E-state index in [-0.39, 0.29) is 11.5 Å². The maximum Gasteiger partial charge on any atom is 0.119 e. The fourth-order valence-electron chi connectivity index (χ4n) is 1.33. The highest BCUT2D eigenvalue weighted by Crippen LogP contribution is 2.31. The fourth-order valence-corrected chi connectivity index (χ4v) is 1.33. The third-order valence-corrected chi connectivity index (χ3v) is 2.39. The zero-order valence-electron chi connectivity index (χ0n) is 9.37. The number of ether oxygens (including phenoxy) is 1. The maximum absolute atomic E-state index is 6.14. The third kappa shape index (κ3) is 2.48. The monoisotopic (exact) mass is 193 g/mol. The van der Waals surface area contributed by atoms with Gasteiger partial charge in [-0.05, 0) is 23.1 Å². The van der Waals surface area contributed by atoms with Crippen molar-refractivity contribution in [2.45, 2.75) is 26.8 Å². The van der Waals surface area contributed by atoms with Crippen LogP contribution in [0.25, 0.3) is 0 Å². The average Bonchev–Trinajstić information content (AvgIpc) is 2.15. The lowest BCUT2D eigenvalue weighted by molar-refractivity contribution is 0.325. The minimum atomic E-state index is 0.0394. The molecule has 0 unspecified atom stereocenters. The van der Waals surface area contributed by atoms with Crippen LogP contribution in [0, 0.1) is 5.41 Å². The molecular weight excluding hydrogens is 174 g/mol. The van der Waals surface area contributed by atoms with E-state index in [0.29, 0.717) is 0 Å². The van der Waals surface area contributed by atoms with E-state index in [1.54, 1.807) is 7.11 Å². The molecule has 0 fully saturated rings. The Morgan fingerprint density at radius 3 is 2.43 bits per heavy atom. The van der Waals surface area contributed by atoms with Crippen molar-refractivity contribution >= 4 is 0 Å². The van der Waals surface area contributed by atoms with Gasteiger partial charge in [0.2, 0.25) is 0 Å². The summed E-state index contributed by atoms with van der Waals surface area (Å²) in [5.41, 5.74) is 7.34. The molecule has 1 atom stereocenters. The first-order valence-corrected chi connectivity index (χ1v) is 4.84. The molecule has 0 aliphatic carbocycles. The highest BCUT2D eigenvalue weighted by atomic mass is 16.5. The van der Waals surface area contributed by atoms with Crippen LogP contribution >= 0.6 is 0 Å². The molecule has 78 valence electrons. The summed E-state index contributed by atoms with van der Waals surface area (Å²) in [7, 11) is 1.67. The molecule has 1 aromatic rings. The minimum absolute atomic E-state index is 0.0394. The Morgan fingerprint density at radius 2 is 1.93 bits per heavy atom. The molecule has 2 heteroatoms. The summed E-state index contributed by atoms with van der Waals surface area (Å²) in [4.78, 5) is 0. The number of hydrogen-bond acceptors (Lipinski definition) is 2. The topological polar surface area (TPSA) is 35.2 Å². The van der Waals surface area contributed by atoms with Crippen molar-refractivity contribution in [3.8, 4) is 5.75 Å². The molecular formula is C12H19NO. The van der Waals surface area contributed by atoms with E-state index in [1.165, 1.54) is 0 Å². The van der Waals surface area contributed by atoms with Crippen molar-refractivity contribution in [1.29, 1.82) is 0 Å². The predicted octanol–water partition coefficient (Wildman–Crippen LogP) is 2.74. The van der Waals surface area contributed by atoms with E-state index >= 15 is 0 Å². The van der Waals surface area contributed by atoms with Gasteiger partial charge in [-0.1, -0.05) is 32.9 Å². The van der Waals surface area contributed by atoms with Gasteiger partial charge >= 0.3 is 0 Å². The summed E-state index contributed by atoms with van der Waals surface area (Å²) in [6.45, 7) is 6.41. The Bertz CT molecular complexity index is 301. The molecule has 1 aromatic carbocycles. The standard InChI is InChI=1S/C12H19NO/c1-12(2,3)11(13)9-6-5-7-10(8-9)14-4/h5-8,11H,13H2,1-4H3/t11-/m0/s1. The smallest absolute Gasteiger partial charge is 0.119 e. The highest BCUT2D eigenvalue weighted by Gasteiger charge is 2.22. The SMILES string of the molecule is COc1cccc([C@H](N)C(C)(C)C)c1. The lowest BCUT2D eigenvalue weighted by Crippen LogP contribution is -2.26. The summed E-state index contributed by atoms with van der Waals surface area (Å²) in [5.74, 6) is 0.863. The van der Waals surface area contributed by atoms with Gasteiger partial charge in [0, 0.05) is 6.04 Å². The van der Waals surface area contributed by atoms with Crippen LogP contribution in [-0.2, 0) is 0 Å². The summed E-state index contributed by atoms with van der Waals surface area (Å²) >= 11 is 0. The lowest BCUT2D eigenvalue weighted by atomic mass is 9.83. The number of benzene rings is 1. The van der Waals surface area contributed by atoms with Crippen molar-refractivity contribution in [1.82, 2.24) is 0 Å². The molecule has 0 radical (unpaired) electrons. The van der Waals surface area contributed by atoms with Crippen molar-refractivity contribution in [2.75, 3.05) is 7.11 Å². The van der Waals surface area contributed by atoms with Gasteiger partial charge in [0.25, 0.3) is 0 Å². The van der Waals surface area contributed by atoms with Crippen LogP contribution in [-0.4, -0.2) is 7.11 Å². The number of nitrogens with two attached hydrogens (primary N) is 1. The van der Waals surface area contributed by atoms with E-state index in [4.69, 9.17) is 10.5 Å². The molecule has 2 nitrogen and oxygen atoms in total. The molecule has 14 heavy (non-hydrogen) atoms. The van der Waals surface area contributed by atoms with E-state index < -0.39 is 0 Å². The summed E-state index contributed by atoms with van der Waals surface area (Å²) in [6, 6.07) is 7.98. The molecule has 0 amide bonds. The third-order valence-electron chi connectivity index (χ3n) is 2.39. The van der Waals surface area contributed by atoms with Gasteiger partial charge < -0.3 is 10.5 Å².